The third-order valence-corrected chi connectivity index (χ3v) is 3.35. The summed E-state index contributed by atoms with van der Waals surface area (Å²) in [5, 5.41) is 3.84. The van der Waals surface area contributed by atoms with Gasteiger partial charge in [0.2, 0.25) is 11.7 Å². The molecule has 1 aromatic heterocycles. The summed E-state index contributed by atoms with van der Waals surface area (Å²) in [6.07, 6.45) is 0. The number of methoxy groups -OCH3 is 1. The van der Waals surface area contributed by atoms with Gasteiger partial charge in [-0.25, -0.2) is 8.78 Å². The second kappa shape index (κ2) is 6.66. The molecule has 0 aliphatic rings. The van der Waals surface area contributed by atoms with Crippen LogP contribution in [0.5, 0.6) is 11.5 Å². The van der Waals surface area contributed by atoms with Gasteiger partial charge in [-0.3, -0.25) is 0 Å². The van der Waals surface area contributed by atoms with Crippen molar-refractivity contribution in [3.05, 3.63) is 59.5 Å². The van der Waals surface area contributed by atoms with Crippen molar-refractivity contribution in [2.75, 3.05) is 7.11 Å². The fourth-order valence-corrected chi connectivity index (χ4v) is 2.14. The van der Waals surface area contributed by atoms with Crippen LogP contribution in [0.3, 0.4) is 0 Å². The molecule has 2 aromatic carbocycles. The monoisotopic (exact) mass is 332 g/mol. The van der Waals surface area contributed by atoms with E-state index in [1.165, 1.54) is 19.2 Å². The van der Waals surface area contributed by atoms with Crippen molar-refractivity contribution in [3.63, 3.8) is 0 Å². The van der Waals surface area contributed by atoms with Crippen LogP contribution < -0.4 is 9.47 Å². The zero-order valence-electron chi connectivity index (χ0n) is 13.0. The fourth-order valence-electron chi connectivity index (χ4n) is 2.14. The molecule has 0 N–H and O–H groups in total. The molecular formula is C17H14F2N2O3. The molecule has 0 aliphatic heterocycles. The molecule has 0 atom stereocenters. The summed E-state index contributed by atoms with van der Waals surface area (Å²) < 4.78 is 42.4. The van der Waals surface area contributed by atoms with Crippen LogP contribution in [0.25, 0.3) is 11.4 Å². The molecule has 3 aromatic rings. The average Bonchev–Trinajstić information content (AvgIpc) is 3.00. The van der Waals surface area contributed by atoms with Crippen molar-refractivity contribution in [1.29, 1.82) is 0 Å². The lowest BCUT2D eigenvalue weighted by Gasteiger charge is -2.12. The lowest BCUT2D eigenvalue weighted by molar-refractivity contribution is 0.279. The Labute approximate surface area is 136 Å². The van der Waals surface area contributed by atoms with Crippen molar-refractivity contribution < 1.29 is 22.8 Å². The van der Waals surface area contributed by atoms with Gasteiger partial charge < -0.3 is 14.0 Å². The first-order valence-electron chi connectivity index (χ1n) is 7.12. The lowest BCUT2D eigenvalue weighted by atomic mass is 10.2. The number of aryl methyl sites for hydroxylation is 1. The minimum Gasteiger partial charge on any atom is -0.493 e. The number of nitrogens with zero attached hydrogens (tertiary/aromatic N) is 2. The van der Waals surface area contributed by atoms with Gasteiger partial charge in [0.1, 0.15) is 18.2 Å². The van der Waals surface area contributed by atoms with E-state index < -0.39 is 11.6 Å². The van der Waals surface area contributed by atoms with E-state index >= 15 is 0 Å². The Morgan fingerprint density at radius 3 is 2.58 bits per heavy atom. The molecule has 0 saturated carbocycles. The normalized spacial score (nSPS) is 10.7. The summed E-state index contributed by atoms with van der Waals surface area (Å²) in [4.78, 5) is 4.14. The Morgan fingerprint density at radius 1 is 1.08 bits per heavy atom. The molecule has 0 unspecified atom stereocenters. The Morgan fingerprint density at radius 2 is 1.92 bits per heavy atom. The molecule has 0 radical (unpaired) electrons. The van der Waals surface area contributed by atoms with Crippen LogP contribution >= 0.6 is 0 Å². The van der Waals surface area contributed by atoms with Crippen LogP contribution in [-0.4, -0.2) is 17.3 Å². The van der Waals surface area contributed by atoms with Crippen molar-refractivity contribution in [2.45, 2.75) is 13.5 Å². The first-order chi connectivity index (χ1) is 11.6. The van der Waals surface area contributed by atoms with Gasteiger partial charge in [-0.15, -0.1) is 0 Å². The molecule has 124 valence electrons. The predicted molar refractivity (Wildman–Crippen MR) is 81.7 cm³/mol. The lowest BCUT2D eigenvalue weighted by Crippen LogP contribution is -2.00. The molecule has 0 bridgehead atoms. The van der Waals surface area contributed by atoms with Gasteiger partial charge in [0.15, 0.2) is 11.5 Å². The van der Waals surface area contributed by atoms with Crippen molar-refractivity contribution in [3.8, 4) is 22.9 Å². The summed E-state index contributed by atoms with van der Waals surface area (Å²) in [5.41, 5.74) is 0.945. The fraction of sp³-hybridized carbons (Fsp3) is 0.176. The summed E-state index contributed by atoms with van der Waals surface area (Å²) in [7, 11) is 1.49. The van der Waals surface area contributed by atoms with Gasteiger partial charge in [0, 0.05) is 24.1 Å². The van der Waals surface area contributed by atoms with Gasteiger partial charge in [0.25, 0.3) is 0 Å². The van der Waals surface area contributed by atoms with Crippen LogP contribution in [-0.2, 0) is 6.61 Å². The van der Waals surface area contributed by atoms with Crippen molar-refractivity contribution >= 4 is 0 Å². The highest BCUT2D eigenvalue weighted by Crippen LogP contribution is 2.32. The maximum absolute atomic E-state index is 13.6. The van der Waals surface area contributed by atoms with E-state index in [9.17, 15) is 8.78 Å². The maximum Gasteiger partial charge on any atom is 0.223 e. The van der Waals surface area contributed by atoms with E-state index in [0.717, 1.165) is 6.07 Å². The third kappa shape index (κ3) is 3.34. The van der Waals surface area contributed by atoms with Crippen LogP contribution in [0.4, 0.5) is 8.78 Å². The molecular weight excluding hydrogens is 318 g/mol. The zero-order valence-corrected chi connectivity index (χ0v) is 13.0. The van der Waals surface area contributed by atoms with E-state index in [1.807, 2.05) is 0 Å². The molecule has 24 heavy (non-hydrogen) atoms. The van der Waals surface area contributed by atoms with Crippen molar-refractivity contribution in [2.24, 2.45) is 0 Å². The van der Waals surface area contributed by atoms with E-state index in [2.05, 4.69) is 10.1 Å². The number of halogens is 2. The summed E-state index contributed by atoms with van der Waals surface area (Å²) in [6, 6.07) is 8.44. The molecule has 0 saturated heterocycles. The minimum atomic E-state index is -0.659. The Balaban J connectivity index is 1.80. The molecule has 0 spiro atoms. The minimum absolute atomic E-state index is 0.0524. The highest BCUT2D eigenvalue weighted by molar-refractivity contribution is 5.60. The summed E-state index contributed by atoms with van der Waals surface area (Å²) in [5.74, 6) is 0.460. The van der Waals surface area contributed by atoms with E-state index in [-0.39, 0.29) is 12.2 Å². The molecule has 5 nitrogen and oxygen atoms in total. The summed E-state index contributed by atoms with van der Waals surface area (Å²) in [6.45, 7) is 1.64. The van der Waals surface area contributed by atoms with E-state index in [1.54, 1.807) is 25.1 Å². The number of rotatable bonds is 5. The standard InChI is InChI=1S/C17H14F2N2O3/c1-10-20-17(21-24-10)11-4-6-15(16(7-11)22-2)23-9-12-3-5-13(18)8-14(12)19/h3-8H,9H2,1-2H3. The number of benzene rings is 2. The van der Waals surface area contributed by atoms with Gasteiger partial charge in [-0.05, 0) is 30.3 Å². The quantitative estimate of drug-likeness (QED) is 0.709. The largest absolute Gasteiger partial charge is 0.493 e. The highest BCUT2D eigenvalue weighted by Gasteiger charge is 2.12. The van der Waals surface area contributed by atoms with Crippen LogP contribution in [0, 0.1) is 18.6 Å². The smallest absolute Gasteiger partial charge is 0.223 e. The van der Waals surface area contributed by atoms with Crippen LogP contribution in [0.2, 0.25) is 0 Å². The number of aromatic nitrogens is 2. The van der Waals surface area contributed by atoms with E-state index in [4.69, 9.17) is 14.0 Å². The molecule has 0 aliphatic carbocycles. The first-order valence-corrected chi connectivity index (χ1v) is 7.12. The molecule has 0 amide bonds. The second-order valence-corrected chi connectivity index (χ2v) is 5.03. The van der Waals surface area contributed by atoms with Gasteiger partial charge >= 0.3 is 0 Å². The van der Waals surface area contributed by atoms with Crippen LogP contribution in [0.1, 0.15) is 11.5 Å². The average molecular weight is 332 g/mol. The number of hydrogen-bond donors (Lipinski definition) is 0. The van der Waals surface area contributed by atoms with Gasteiger partial charge in [-0.2, -0.15) is 4.98 Å². The summed E-state index contributed by atoms with van der Waals surface area (Å²) >= 11 is 0. The molecule has 3 rings (SSSR count). The molecule has 0 fully saturated rings. The van der Waals surface area contributed by atoms with E-state index in [0.29, 0.717) is 28.8 Å². The predicted octanol–water partition coefficient (Wildman–Crippen LogP) is 3.91. The maximum atomic E-state index is 13.6. The molecule has 7 heteroatoms. The van der Waals surface area contributed by atoms with Crippen molar-refractivity contribution in [1.82, 2.24) is 10.1 Å². The zero-order chi connectivity index (χ0) is 17.1. The second-order valence-electron chi connectivity index (χ2n) is 5.03. The number of ether oxygens (including phenoxy) is 2. The molecule has 1 heterocycles. The number of hydrogen-bond acceptors (Lipinski definition) is 5. The van der Waals surface area contributed by atoms with Crippen LogP contribution in [0.15, 0.2) is 40.9 Å². The van der Waals surface area contributed by atoms with Gasteiger partial charge in [0.05, 0.1) is 7.11 Å². The Kier molecular flexibility index (Phi) is 4.41. The topological polar surface area (TPSA) is 57.4 Å². The Bertz CT molecular complexity index is 865. The van der Waals surface area contributed by atoms with Gasteiger partial charge in [-0.1, -0.05) is 5.16 Å². The third-order valence-electron chi connectivity index (χ3n) is 3.35. The SMILES string of the molecule is COc1cc(-c2noc(C)n2)ccc1OCc1ccc(F)cc1F. The highest BCUT2D eigenvalue weighted by atomic mass is 19.1. The first kappa shape index (κ1) is 15.9. The Hall–Kier alpha value is -2.96.